The number of carbonyl (C=O) groups excluding carboxylic acids is 3. The lowest BCUT2D eigenvalue weighted by Gasteiger charge is -2.34. The van der Waals surface area contributed by atoms with Gasteiger partial charge >= 0.3 is 0 Å². The molecule has 86 heavy (non-hydrogen) atoms. The molecule has 0 radical (unpaired) electrons. The summed E-state index contributed by atoms with van der Waals surface area (Å²) in [5.74, 6) is -0.520. The van der Waals surface area contributed by atoms with Crippen molar-refractivity contribution in [1.29, 1.82) is 0 Å². The maximum Gasteiger partial charge on any atom is 0.253 e. The van der Waals surface area contributed by atoms with Gasteiger partial charge < -0.3 is 34.9 Å². The van der Waals surface area contributed by atoms with Crippen LogP contribution in [0.2, 0.25) is 0 Å². The SMILES string of the molecule is C.Cc1ccc(C(=O)N2CCN(C)CC2)cc1.Cc1ccc(C(=O)N2CCN(CCO)CC2)cc1.Cc1ccc(C(=O)N2CC[C@@H](O)C2)cc1.Cc1ccc(C(C)(C)O)c(F)c1.Cc1ccc(F)cc1.Cc1cccc(F)c1.Cc1ccccc1F. The number of aliphatic hydroxyl groups excluding tert-OH is 2. The van der Waals surface area contributed by atoms with Crippen LogP contribution in [0.5, 0.6) is 0 Å². The zero-order valence-electron chi connectivity index (χ0n) is 51.2. The van der Waals surface area contributed by atoms with Gasteiger partial charge in [-0.25, -0.2) is 17.6 Å². The molecule has 0 spiro atoms. The second-order valence-corrected chi connectivity index (χ2v) is 22.1. The summed E-state index contributed by atoms with van der Waals surface area (Å²) in [6, 6.07) is 47.5. The fourth-order valence-corrected chi connectivity index (χ4v) is 8.69. The number of hydrogen-bond donors (Lipinski definition) is 3. The van der Waals surface area contributed by atoms with Gasteiger partial charge in [-0.2, -0.15) is 0 Å². The van der Waals surface area contributed by atoms with Crippen LogP contribution in [0, 0.1) is 71.7 Å². The third kappa shape index (κ3) is 26.4. The van der Waals surface area contributed by atoms with E-state index in [0.717, 1.165) is 85.7 Å². The Hall–Kier alpha value is -7.53. The van der Waals surface area contributed by atoms with E-state index in [9.17, 15) is 42.2 Å². The topological polar surface area (TPSA) is 128 Å². The van der Waals surface area contributed by atoms with Gasteiger partial charge in [0, 0.05) is 94.2 Å². The fourth-order valence-electron chi connectivity index (χ4n) is 8.69. The van der Waals surface area contributed by atoms with Crippen molar-refractivity contribution in [3.63, 3.8) is 0 Å². The van der Waals surface area contributed by atoms with Crippen LogP contribution in [0.4, 0.5) is 17.6 Å². The molecular weight excluding hydrogens is 1090 g/mol. The molecule has 11 nitrogen and oxygen atoms in total. The zero-order valence-corrected chi connectivity index (χ0v) is 51.2. The highest BCUT2D eigenvalue weighted by Gasteiger charge is 2.26. The van der Waals surface area contributed by atoms with Crippen LogP contribution >= 0.6 is 0 Å². The number of likely N-dealkylation sites (N-methyl/N-ethyl adjacent to an activating group) is 1. The number of nitrogens with zero attached hydrogens (tertiary/aromatic N) is 5. The summed E-state index contributed by atoms with van der Waals surface area (Å²) in [4.78, 5) is 46.2. The number of β-amino-alcohol motifs (C(OH)–C–C–N with tert-alkyl or cyclic N) is 2. The Morgan fingerprint density at radius 1 is 0.477 bits per heavy atom. The number of piperazine rings is 2. The van der Waals surface area contributed by atoms with E-state index in [1.165, 1.54) is 47.5 Å². The second-order valence-electron chi connectivity index (χ2n) is 22.1. The molecule has 0 bridgehead atoms. The zero-order chi connectivity index (χ0) is 62.6. The number of aliphatic hydroxyl groups is 3. The molecule has 0 unspecified atom stereocenters. The average molecular weight is 1190 g/mol. The van der Waals surface area contributed by atoms with Crippen LogP contribution in [0.1, 0.15) is 103 Å². The molecule has 3 saturated heterocycles. The number of carbonyl (C=O) groups is 3. The Kier molecular flexibility index (Phi) is 31.4. The maximum atomic E-state index is 13.2. The molecule has 3 N–H and O–H groups in total. The van der Waals surface area contributed by atoms with Crippen molar-refractivity contribution < 1.29 is 47.3 Å². The Morgan fingerprint density at radius 3 is 1.24 bits per heavy atom. The highest BCUT2D eigenvalue weighted by Crippen LogP contribution is 2.23. The van der Waals surface area contributed by atoms with Gasteiger partial charge in [0.05, 0.1) is 18.3 Å². The molecular formula is C71H91F4N5O6. The van der Waals surface area contributed by atoms with E-state index in [-0.39, 0.29) is 61.1 Å². The molecule has 0 saturated carbocycles. The van der Waals surface area contributed by atoms with Gasteiger partial charge in [-0.3, -0.25) is 19.3 Å². The Balaban J connectivity index is 0.000000268. The molecule has 3 aliphatic rings. The van der Waals surface area contributed by atoms with E-state index in [4.69, 9.17) is 5.11 Å². The Labute approximate surface area is 509 Å². The monoisotopic (exact) mass is 1190 g/mol. The van der Waals surface area contributed by atoms with Crippen molar-refractivity contribution in [1.82, 2.24) is 24.5 Å². The van der Waals surface area contributed by atoms with Crippen LogP contribution in [-0.4, -0.2) is 149 Å². The summed E-state index contributed by atoms with van der Waals surface area (Å²) >= 11 is 0. The standard InChI is InChI=1S/C14H20N2O2.C13H18N2O.C12H15NO2.C10H13FO.3C7H7F.CH4/c1-12-2-4-13(5-3-12)14(18)16-8-6-15(7-9-16)10-11-17;1-11-3-5-12(6-4-11)13(16)15-9-7-14(2)8-10-15;1-9-2-4-10(5-3-9)12(15)13-7-6-11(14)8-13;1-7-4-5-8(9(11)6-7)10(2,3)12;1-6-2-4-7(8)5-3-6;1-6-3-2-4-7(8)5-6;1-6-4-2-3-5-7(6)8;/h2-5,17H,6-11H2,1H3;3-6H,7-10H2,1-2H3;2-5,11,14H,6-8H2,1H3;4-6,12H,1-3H3;3*2-5H,1H3;1H4/t;;11-;;;;;/m..1...../s1. The third-order valence-electron chi connectivity index (χ3n) is 14.1. The van der Waals surface area contributed by atoms with Crippen LogP contribution in [-0.2, 0) is 5.60 Å². The normalized spacial score (nSPS) is 14.6. The minimum atomic E-state index is -1.10. The van der Waals surface area contributed by atoms with Gasteiger partial charge in [0.25, 0.3) is 17.7 Å². The number of halogens is 4. The predicted molar refractivity (Wildman–Crippen MR) is 339 cm³/mol. The summed E-state index contributed by atoms with van der Waals surface area (Å²) in [7, 11) is 2.09. The molecule has 10 rings (SSSR count). The lowest BCUT2D eigenvalue weighted by atomic mass is 9.97. The van der Waals surface area contributed by atoms with Crippen molar-refractivity contribution in [3.05, 3.63) is 248 Å². The molecule has 464 valence electrons. The summed E-state index contributed by atoms with van der Waals surface area (Å²) in [5.41, 5.74) is 8.62. The molecule has 0 aromatic heterocycles. The van der Waals surface area contributed by atoms with E-state index < -0.39 is 5.60 Å². The van der Waals surface area contributed by atoms with E-state index in [2.05, 4.69) is 16.8 Å². The summed E-state index contributed by atoms with van der Waals surface area (Å²) < 4.78 is 49.8. The van der Waals surface area contributed by atoms with Crippen molar-refractivity contribution in [2.75, 3.05) is 85.6 Å². The quantitative estimate of drug-likeness (QED) is 0.141. The van der Waals surface area contributed by atoms with Gasteiger partial charge in [-0.1, -0.05) is 121 Å². The van der Waals surface area contributed by atoms with Gasteiger partial charge in [0.15, 0.2) is 0 Å². The van der Waals surface area contributed by atoms with E-state index in [1.807, 2.05) is 136 Å². The maximum absolute atomic E-state index is 13.2. The highest BCUT2D eigenvalue weighted by atomic mass is 19.1. The van der Waals surface area contributed by atoms with Crippen molar-refractivity contribution in [2.45, 2.75) is 87.9 Å². The summed E-state index contributed by atoms with van der Waals surface area (Å²) in [6.07, 6.45) is 0.344. The first-order valence-electron chi connectivity index (χ1n) is 28.8. The molecule has 3 fully saturated rings. The van der Waals surface area contributed by atoms with E-state index in [1.54, 1.807) is 68.1 Å². The van der Waals surface area contributed by atoms with E-state index in [0.29, 0.717) is 42.7 Å². The minimum absolute atomic E-state index is 0. The minimum Gasteiger partial charge on any atom is -0.395 e. The first kappa shape index (κ1) is 72.7. The molecule has 3 heterocycles. The van der Waals surface area contributed by atoms with Crippen LogP contribution in [0.15, 0.2) is 164 Å². The van der Waals surface area contributed by atoms with Gasteiger partial charge in [-0.15, -0.1) is 0 Å². The molecule has 15 heteroatoms. The van der Waals surface area contributed by atoms with Crippen molar-refractivity contribution >= 4 is 17.7 Å². The van der Waals surface area contributed by atoms with Crippen LogP contribution < -0.4 is 0 Å². The smallest absolute Gasteiger partial charge is 0.253 e. The van der Waals surface area contributed by atoms with Crippen LogP contribution in [0.3, 0.4) is 0 Å². The first-order chi connectivity index (χ1) is 40.3. The number of likely N-dealkylation sites (tertiary alicyclic amines) is 1. The largest absolute Gasteiger partial charge is 0.395 e. The molecule has 7 aromatic carbocycles. The second kappa shape index (κ2) is 37.1. The van der Waals surface area contributed by atoms with Gasteiger partial charge in [0.2, 0.25) is 0 Å². The Bertz CT molecular complexity index is 3050. The first-order valence-corrected chi connectivity index (χ1v) is 28.8. The lowest BCUT2D eigenvalue weighted by Crippen LogP contribution is -2.49. The van der Waals surface area contributed by atoms with Gasteiger partial charge in [-0.05, 0) is 165 Å². The number of amides is 3. The lowest BCUT2D eigenvalue weighted by molar-refractivity contribution is 0.0613. The third-order valence-corrected chi connectivity index (χ3v) is 14.1. The van der Waals surface area contributed by atoms with Gasteiger partial charge in [0.1, 0.15) is 23.3 Å². The predicted octanol–water partition coefficient (Wildman–Crippen LogP) is 12.7. The molecule has 3 aliphatic heterocycles. The molecule has 3 amide bonds. The number of rotatable bonds is 6. The summed E-state index contributed by atoms with van der Waals surface area (Å²) in [5, 5.41) is 27.7. The number of hydrogen-bond acceptors (Lipinski definition) is 8. The average Bonchev–Trinajstić information content (AvgIpc) is 3.53. The molecule has 1 atom stereocenters. The van der Waals surface area contributed by atoms with Crippen molar-refractivity contribution in [3.8, 4) is 0 Å². The number of aryl methyl sites for hydroxylation is 7. The summed E-state index contributed by atoms with van der Waals surface area (Å²) in [6.45, 7) is 25.3. The molecule has 0 aliphatic carbocycles. The highest BCUT2D eigenvalue weighted by molar-refractivity contribution is 5.95. The van der Waals surface area contributed by atoms with Crippen molar-refractivity contribution in [2.24, 2.45) is 0 Å². The number of benzene rings is 7. The van der Waals surface area contributed by atoms with Crippen LogP contribution in [0.25, 0.3) is 0 Å². The fraction of sp³-hybridized carbons (Fsp3) is 0.366. The molecule has 7 aromatic rings. The Morgan fingerprint density at radius 2 is 0.895 bits per heavy atom. The van der Waals surface area contributed by atoms with E-state index >= 15 is 0 Å².